The number of likely N-dealkylation sites (tertiary alicyclic amines) is 1. The van der Waals surface area contributed by atoms with Gasteiger partial charge in [0.25, 0.3) is 5.91 Å². The van der Waals surface area contributed by atoms with Crippen molar-refractivity contribution in [2.24, 2.45) is 11.8 Å². The van der Waals surface area contributed by atoms with Crippen molar-refractivity contribution in [2.45, 2.75) is 52.7 Å². The van der Waals surface area contributed by atoms with Crippen molar-refractivity contribution in [1.29, 1.82) is 0 Å². The second kappa shape index (κ2) is 10.2. The van der Waals surface area contributed by atoms with E-state index in [0.29, 0.717) is 29.0 Å². The Labute approximate surface area is 204 Å². The largest absolute Gasteiger partial charge is 0.469 e. The summed E-state index contributed by atoms with van der Waals surface area (Å²) < 4.78 is 10.5. The number of para-hydroxylation sites is 1. The molecule has 1 N–H and O–H groups in total. The van der Waals surface area contributed by atoms with Crippen molar-refractivity contribution < 1.29 is 23.9 Å². The standard InChI is InChI=1S/C24H33ClN4O5/c1-14(2)11-29(21(30)20-26-18-9-7-8-17(25)19(18)27-20)16-10-15(22(31)33-6)12-28(13-16)23(32)34-24(3,4)5/h7-9,14-16H,10-13H2,1-6H3,(H,26,27)/t15-,16+/m1/s1. The van der Waals surface area contributed by atoms with Crippen LogP contribution in [0.3, 0.4) is 0 Å². The van der Waals surface area contributed by atoms with E-state index in [4.69, 9.17) is 21.1 Å². The lowest BCUT2D eigenvalue weighted by molar-refractivity contribution is -0.148. The molecule has 0 bridgehead atoms. The second-order valence-electron chi connectivity index (χ2n) is 10.1. The number of carbonyl (C=O) groups is 3. The van der Waals surface area contributed by atoms with Crippen LogP contribution in [0.1, 0.15) is 51.7 Å². The average molecular weight is 493 g/mol. The number of esters is 1. The first-order valence-electron chi connectivity index (χ1n) is 11.4. The molecule has 34 heavy (non-hydrogen) atoms. The molecule has 10 heteroatoms. The fourth-order valence-corrected chi connectivity index (χ4v) is 4.35. The number of nitrogens with one attached hydrogen (secondary N) is 1. The SMILES string of the molecule is COC(=O)[C@@H]1C[C@H](N(CC(C)C)C(=O)c2nc3c(Cl)cccc3[nH]2)CN(C(=O)OC(C)(C)C)C1. The molecular weight excluding hydrogens is 460 g/mol. The van der Waals surface area contributed by atoms with E-state index < -0.39 is 29.6 Å². The molecule has 2 heterocycles. The summed E-state index contributed by atoms with van der Waals surface area (Å²) in [5.74, 6) is -1.02. The fraction of sp³-hybridized carbons (Fsp3) is 0.583. The summed E-state index contributed by atoms with van der Waals surface area (Å²) in [4.78, 5) is 49.6. The third-order valence-electron chi connectivity index (χ3n) is 5.54. The van der Waals surface area contributed by atoms with Crippen LogP contribution in [0.15, 0.2) is 18.2 Å². The van der Waals surface area contributed by atoms with Crippen molar-refractivity contribution in [3.8, 4) is 0 Å². The molecule has 0 radical (unpaired) electrons. The number of aromatic nitrogens is 2. The van der Waals surface area contributed by atoms with Crippen molar-refractivity contribution in [3.05, 3.63) is 29.0 Å². The van der Waals surface area contributed by atoms with Crippen LogP contribution in [-0.2, 0) is 14.3 Å². The van der Waals surface area contributed by atoms with E-state index in [9.17, 15) is 14.4 Å². The van der Waals surface area contributed by atoms with Crippen LogP contribution < -0.4 is 0 Å². The van der Waals surface area contributed by atoms with Gasteiger partial charge in [0, 0.05) is 19.6 Å². The molecule has 0 aliphatic carbocycles. The van der Waals surface area contributed by atoms with E-state index in [0.717, 1.165) is 0 Å². The number of hydrogen-bond acceptors (Lipinski definition) is 6. The van der Waals surface area contributed by atoms with Gasteiger partial charge in [-0.05, 0) is 45.2 Å². The number of fused-ring (bicyclic) bond motifs is 1. The number of hydrogen-bond donors (Lipinski definition) is 1. The molecule has 1 fully saturated rings. The molecule has 3 rings (SSSR count). The van der Waals surface area contributed by atoms with Gasteiger partial charge in [0.1, 0.15) is 11.1 Å². The van der Waals surface area contributed by atoms with E-state index in [1.807, 2.05) is 13.8 Å². The lowest BCUT2D eigenvalue weighted by Gasteiger charge is -2.42. The lowest BCUT2D eigenvalue weighted by Crippen LogP contribution is -2.57. The minimum absolute atomic E-state index is 0.144. The summed E-state index contributed by atoms with van der Waals surface area (Å²) in [7, 11) is 1.32. The Bertz CT molecular complexity index is 1060. The molecule has 1 aromatic carbocycles. The molecule has 1 aliphatic rings. The zero-order valence-electron chi connectivity index (χ0n) is 20.6. The highest BCUT2D eigenvalue weighted by molar-refractivity contribution is 6.35. The highest BCUT2D eigenvalue weighted by Gasteiger charge is 2.40. The molecule has 2 atom stereocenters. The maximum absolute atomic E-state index is 13.7. The van der Waals surface area contributed by atoms with Gasteiger partial charge in [-0.2, -0.15) is 0 Å². The average Bonchev–Trinajstić information content (AvgIpc) is 3.20. The number of H-pyrrole nitrogens is 1. The molecule has 1 aliphatic heterocycles. The molecule has 186 valence electrons. The first-order valence-corrected chi connectivity index (χ1v) is 11.8. The van der Waals surface area contributed by atoms with Crippen molar-refractivity contribution in [2.75, 3.05) is 26.7 Å². The van der Waals surface area contributed by atoms with Crippen LogP contribution in [0.5, 0.6) is 0 Å². The van der Waals surface area contributed by atoms with E-state index >= 15 is 0 Å². The highest BCUT2D eigenvalue weighted by atomic mass is 35.5. The molecule has 9 nitrogen and oxygen atoms in total. The van der Waals surface area contributed by atoms with Gasteiger partial charge >= 0.3 is 12.1 Å². The monoisotopic (exact) mass is 492 g/mol. The number of rotatable bonds is 5. The Hall–Kier alpha value is -2.81. The number of benzene rings is 1. The number of ether oxygens (including phenoxy) is 2. The maximum atomic E-state index is 13.7. The molecule has 2 aromatic rings. The summed E-state index contributed by atoms with van der Waals surface area (Å²) in [6.07, 6.45) is -0.163. The van der Waals surface area contributed by atoms with E-state index in [-0.39, 0.29) is 30.7 Å². The van der Waals surface area contributed by atoms with E-state index in [1.54, 1.807) is 43.9 Å². The fourth-order valence-electron chi connectivity index (χ4n) is 4.14. The summed E-state index contributed by atoms with van der Waals surface area (Å²) in [6, 6.07) is 4.87. The Morgan fingerprint density at radius 2 is 1.97 bits per heavy atom. The Morgan fingerprint density at radius 3 is 2.56 bits per heavy atom. The van der Waals surface area contributed by atoms with Gasteiger partial charge in [-0.25, -0.2) is 9.78 Å². The number of piperidine rings is 1. The third-order valence-corrected chi connectivity index (χ3v) is 5.85. The molecular formula is C24H33ClN4O5. The van der Waals surface area contributed by atoms with E-state index in [1.165, 1.54) is 12.0 Å². The highest BCUT2D eigenvalue weighted by Crippen LogP contribution is 2.27. The molecule has 1 saturated heterocycles. The number of aromatic amines is 1. The first kappa shape index (κ1) is 25.8. The Balaban J connectivity index is 1.94. The van der Waals surface area contributed by atoms with Crippen molar-refractivity contribution in [3.63, 3.8) is 0 Å². The second-order valence-corrected chi connectivity index (χ2v) is 10.5. The first-order chi connectivity index (χ1) is 15.9. The van der Waals surface area contributed by atoms with Crippen LogP contribution >= 0.6 is 11.6 Å². The van der Waals surface area contributed by atoms with Gasteiger partial charge in [-0.1, -0.05) is 31.5 Å². The minimum atomic E-state index is -0.689. The predicted molar refractivity (Wildman–Crippen MR) is 129 cm³/mol. The van der Waals surface area contributed by atoms with Crippen LogP contribution in [0, 0.1) is 11.8 Å². The summed E-state index contributed by atoms with van der Waals surface area (Å²) >= 11 is 6.25. The number of methoxy groups -OCH3 is 1. The summed E-state index contributed by atoms with van der Waals surface area (Å²) in [6.45, 7) is 10.2. The van der Waals surface area contributed by atoms with Gasteiger partial charge < -0.3 is 24.3 Å². The number of nitrogens with zero attached hydrogens (tertiary/aromatic N) is 3. The summed E-state index contributed by atoms with van der Waals surface area (Å²) in [5, 5.41) is 0.447. The third kappa shape index (κ3) is 6.00. The zero-order valence-corrected chi connectivity index (χ0v) is 21.3. The minimum Gasteiger partial charge on any atom is -0.469 e. The number of halogens is 1. The quantitative estimate of drug-likeness (QED) is 0.629. The topological polar surface area (TPSA) is 105 Å². The smallest absolute Gasteiger partial charge is 0.410 e. The maximum Gasteiger partial charge on any atom is 0.410 e. The van der Waals surface area contributed by atoms with Crippen LogP contribution in [0.4, 0.5) is 4.79 Å². The molecule has 1 aromatic heterocycles. The number of carbonyl (C=O) groups excluding carboxylic acids is 3. The van der Waals surface area contributed by atoms with Crippen molar-refractivity contribution >= 4 is 40.6 Å². The van der Waals surface area contributed by atoms with Crippen LogP contribution in [0.2, 0.25) is 5.02 Å². The zero-order chi connectivity index (χ0) is 25.2. The normalized spacial score (nSPS) is 18.8. The molecule has 2 amide bonds. The number of imidazole rings is 1. The Kier molecular flexibility index (Phi) is 7.75. The van der Waals surface area contributed by atoms with Gasteiger partial charge in [0.05, 0.1) is 29.6 Å². The van der Waals surface area contributed by atoms with Crippen LogP contribution in [-0.4, -0.2) is 76.1 Å². The van der Waals surface area contributed by atoms with E-state index in [2.05, 4.69) is 9.97 Å². The van der Waals surface area contributed by atoms with Gasteiger partial charge in [-0.3, -0.25) is 9.59 Å². The predicted octanol–water partition coefficient (Wildman–Crippen LogP) is 4.11. The molecule has 0 spiro atoms. The number of amides is 2. The Morgan fingerprint density at radius 1 is 1.26 bits per heavy atom. The van der Waals surface area contributed by atoms with Gasteiger partial charge in [0.2, 0.25) is 0 Å². The summed E-state index contributed by atoms with van der Waals surface area (Å²) in [5.41, 5.74) is 0.487. The van der Waals surface area contributed by atoms with Crippen LogP contribution in [0.25, 0.3) is 11.0 Å². The van der Waals surface area contributed by atoms with Gasteiger partial charge in [-0.15, -0.1) is 0 Å². The van der Waals surface area contributed by atoms with Crippen molar-refractivity contribution in [1.82, 2.24) is 19.8 Å². The van der Waals surface area contributed by atoms with Gasteiger partial charge in [0.15, 0.2) is 5.82 Å². The molecule has 0 unspecified atom stereocenters. The molecule has 0 saturated carbocycles. The lowest BCUT2D eigenvalue weighted by atomic mass is 9.92.